The summed E-state index contributed by atoms with van der Waals surface area (Å²) in [6, 6.07) is 14.7. The van der Waals surface area contributed by atoms with Gasteiger partial charge in [-0.15, -0.1) is 0 Å². The van der Waals surface area contributed by atoms with Gasteiger partial charge in [-0.25, -0.2) is 4.79 Å². The number of ether oxygens (including phenoxy) is 1. The Morgan fingerprint density at radius 2 is 1.91 bits per heavy atom. The molecule has 1 aliphatic heterocycles. The molecule has 0 atom stereocenters. The molecule has 33 heavy (non-hydrogen) atoms. The Morgan fingerprint density at radius 3 is 2.67 bits per heavy atom. The van der Waals surface area contributed by atoms with E-state index in [1.165, 1.54) is 0 Å². The number of rotatable bonds is 8. The molecule has 0 unspecified atom stereocenters. The van der Waals surface area contributed by atoms with E-state index in [0.717, 1.165) is 48.5 Å². The van der Waals surface area contributed by atoms with Crippen molar-refractivity contribution in [1.82, 2.24) is 20.4 Å². The molecule has 1 fully saturated rings. The lowest BCUT2D eigenvalue weighted by atomic mass is 10.2. The van der Waals surface area contributed by atoms with Crippen LogP contribution >= 0.6 is 0 Å². The van der Waals surface area contributed by atoms with E-state index in [2.05, 4.69) is 20.8 Å². The van der Waals surface area contributed by atoms with E-state index >= 15 is 0 Å². The van der Waals surface area contributed by atoms with Crippen LogP contribution in [0.2, 0.25) is 0 Å². The standard InChI is InChI=1S/C24H27N5O4/c1-32-20-9-7-18(8-10-20)23-27-22(33-28-23)12-11-21(30)25-16-17-5-4-6-19(15-17)26-24(31)29-13-2-3-14-29/h4-10,15H,2-3,11-14,16H2,1H3,(H,25,30)(H,26,31). The van der Waals surface area contributed by atoms with Crippen LogP contribution in [0.25, 0.3) is 11.4 Å². The SMILES string of the molecule is COc1ccc(-c2noc(CCC(=O)NCc3cccc(NC(=O)N4CCCC4)c3)n2)cc1. The number of hydrogen-bond donors (Lipinski definition) is 2. The van der Waals surface area contributed by atoms with E-state index in [1.807, 2.05) is 53.4 Å². The summed E-state index contributed by atoms with van der Waals surface area (Å²) in [5.74, 6) is 1.51. The predicted molar refractivity (Wildman–Crippen MR) is 123 cm³/mol. The maximum absolute atomic E-state index is 12.3. The van der Waals surface area contributed by atoms with Crippen molar-refractivity contribution in [1.29, 1.82) is 0 Å². The van der Waals surface area contributed by atoms with Gasteiger partial charge in [0.1, 0.15) is 5.75 Å². The van der Waals surface area contributed by atoms with E-state index in [-0.39, 0.29) is 18.4 Å². The second-order valence-corrected chi connectivity index (χ2v) is 7.84. The van der Waals surface area contributed by atoms with Crippen molar-refractivity contribution in [2.45, 2.75) is 32.2 Å². The van der Waals surface area contributed by atoms with Crippen LogP contribution in [0, 0.1) is 0 Å². The van der Waals surface area contributed by atoms with Gasteiger partial charge in [-0.05, 0) is 54.8 Å². The quantitative estimate of drug-likeness (QED) is 0.544. The number of benzene rings is 2. The van der Waals surface area contributed by atoms with Crippen molar-refractivity contribution in [2.24, 2.45) is 0 Å². The van der Waals surface area contributed by atoms with Crippen LogP contribution in [0.1, 0.15) is 30.7 Å². The summed E-state index contributed by atoms with van der Waals surface area (Å²) in [5.41, 5.74) is 2.43. The van der Waals surface area contributed by atoms with Crippen LogP contribution in [0.15, 0.2) is 53.1 Å². The molecule has 2 aromatic carbocycles. The molecule has 0 aliphatic carbocycles. The van der Waals surface area contributed by atoms with Crippen molar-refractivity contribution >= 4 is 17.6 Å². The molecule has 0 bridgehead atoms. The molecule has 1 saturated heterocycles. The fourth-order valence-electron chi connectivity index (χ4n) is 3.61. The van der Waals surface area contributed by atoms with Gasteiger partial charge in [-0.3, -0.25) is 4.79 Å². The number of aromatic nitrogens is 2. The van der Waals surface area contributed by atoms with Gasteiger partial charge in [-0.1, -0.05) is 17.3 Å². The topological polar surface area (TPSA) is 110 Å². The number of carbonyl (C=O) groups is 2. The molecule has 0 saturated carbocycles. The summed E-state index contributed by atoms with van der Waals surface area (Å²) >= 11 is 0. The Balaban J connectivity index is 1.23. The highest BCUT2D eigenvalue weighted by atomic mass is 16.5. The van der Waals surface area contributed by atoms with Gasteiger partial charge < -0.3 is 24.8 Å². The van der Waals surface area contributed by atoms with E-state index in [0.29, 0.717) is 24.7 Å². The van der Waals surface area contributed by atoms with Crippen molar-refractivity contribution in [2.75, 3.05) is 25.5 Å². The summed E-state index contributed by atoms with van der Waals surface area (Å²) in [6.07, 6.45) is 2.67. The number of likely N-dealkylation sites (tertiary alicyclic amines) is 1. The van der Waals surface area contributed by atoms with Gasteiger partial charge in [0.15, 0.2) is 0 Å². The Morgan fingerprint density at radius 1 is 1.12 bits per heavy atom. The van der Waals surface area contributed by atoms with Crippen LogP contribution in [0.3, 0.4) is 0 Å². The zero-order valence-electron chi connectivity index (χ0n) is 18.5. The number of amides is 3. The molecule has 0 radical (unpaired) electrons. The minimum Gasteiger partial charge on any atom is -0.497 e. The lowest BCUT2D eigenvalue weighted by Crippen LogP contribution is -2.32. The number of carbonyl (C=O) groups excluding carboxylic acids is 2. The second-order valence-electron chi connectivity index (χ2n) is 7.84. The molecule has 9 heteroatoms. The maximum atomic E-state index is 12.3. The van der Waals surface area contributed by atoms with Gasteiger partial charge in [0.2, 0.25) is 17.6 Å². The molecule has 0 spiro atoms. The molecule has 3 aromatic rings. The number of aryl methyl sites for hydroxylation is 1. The van der Waals surface area contributed by atoms with Crippen LogP contribution in [-0.4, -0.2) is 47.2 Å². The average molecular weight is 450 g/mol. The molecule has 2 N–H and O–H groups in total. The van der Waals surface area contributed by atoms with Crippen molar-refractivity contribution in [3.05, 3.63) is 60.0 Å². The number of nitrogens with zero attached hydrogens (tertiary/aromatic N) is 3. The van der Waals surface area contributed by atoms with Gasteiger partial charge in [0.25, 0.3) is 0 Å². The monoisotopic (exact) mass is 449 g/mol. The second kappa shape index (κ2) is 10.6. The van der Waals surface area contributed by atoms with Gasteiger partial charge in [0.05, 0.1) is 7.11 Å². The van der Waals surface area contributed by atoms with Crippen LogP contribution in [-0.2, 0) is 17.8 Å². The Bertz CT molecular complexity index is 1090. The lowest BCUT2D eigenvalue weighted by Gasteiger charge is -2.16. The van der Waals surface area contributed by atoms with Gasteiger partial charge in [0, 0.05) is 43.7 Å². The fourth-order valence-corrected chi connectivity index (χ4v) is 3.61. The smallest absolute Gasteiger partial charge is 0.321 e. The Hall–Kier alpha value is -3.88. The number of methoxy groups -OCH3 is 1. The molecule has 2 heterocycles. The van der Waals surface area contributed by atoms with E-state index in [1.54, 1.807) is 7.11 Å². The minimum atomic E-state index is -0.120. The largest absolute Gasteiger partial charge is 0.497 e. The normalized spacial score (nSPS) is 13.1. The summed E-state index contributed by atoms with van der Waals surface area (Å²) in [4.78, 5) is 30.7. The third kappa shape index (κ3) is 6.09. The predicted octanol–water partition coefficient (Wildman–Crippen LogP) is 3.62. The maximum Gasteiger partial charge on any atom is 0.321 e. The van der Waals surface area contributed by atoms with Crippen molar-refractivity contribution in [3.8, 4) is 17.1 Å². The van der Waals surface area contributed by atoms with Crippen LogP contribution in [0.4, 0.5) is 10.5 Å². The molecule has 172 valence electrons. The van der Waals surface area contributed by atoms with Crippen molar-refractivity contribution in [3.63, 3.8) is 0 Å². The lowest BCUT2D eigenvalue weighted by molar-refractivity contribution is -0.121. The molecule has 3 amide bonds. The first-order valence-electron chi connectivity index (χ1n) is 11.0. The van der Waals surface area contributed by atoms with Crippen molar-refractivity contribution < 1.29 is 18.8 Å². The summed E-state index contributed by atoms with van der Waals surface area (Å²) in [7, 11) is 1.61. The third-order valence-electron chi connectivity index (χ3n) is 5.44. The molecule has 4 rings (SSSR count). The zero-order chi connectivity index (χ0) is 23.0. The molecule has 1 aliphatic rings. The third-order valence-corrected chi connectivity index (χ3v) is 5.44. The molecule has 9 nitrogen and oxygen atoms in total. The highest BCUT2D eigenvalue weighted by Crippen LogP contribution is 2.20. The Labute approximate surface area is 192 Å². The highest BCUT2D eigenvalue weighted by molar-refractivity contribution is 5.89. The summed E-state index contributed by atoms with van der Waals surface area (Å²) in [5, 5.41) is 9.79. The average Bonchev–Trinajstić information content (AvgIpc) is 3.54. The first kappa shape index (κ1) is 22.3. The Kier molecular flexibility index (Phi) is 7.19. The summed E-state index contributed by atoms with van der Waals surface area (Å²) in [6.45, 7) is 1.96. The van der Waals surface area contributed by atoms with Gasteiger partial charge >= 0.3 is 6.03 Å². The first-order valence-corrected chi connectivity index (χ1v) is 11.0. The first-order chi connectivity index (χ1) is 16.1. The fraction of sp³-hybridized carbons (Fsp3) is 0.333. The van der Waals surface area contributed by atoms with Gasteiger partial charge in [-0.2, -0.15) is 4.98 Å². The molecular weight excluding hydrogens is 422 g/mol. The van der Waals surface area contributed by atoms with E-state index in [4.69, 9.17) is 9.26 Å². The van der Waals surface area contributed by atoms with Crippen LogP contribution < -0.4 is 15.4 Å². The zero-order valence-corrected chi connectivity index (χ0v) is 18.5. The number of nitrogens with one attached hydrogen (secondary N) is 2. The summed E-state index contributed by atoms with van der Waals surface area (Å²) < 4.78 is 10.4. The number of urea groups is 1. The molecule has 1 aromatic heterocycles. The molecular formula is C24H27N5O4. The highest BCUT2D eigenvalue weighted by Gasteiger charge is 2.17. The number of hydrogen-bond acceptors (Lipinski definition) is 6. The number of anilines is 1. The van der Waals surface area contributed by atoms with E-state index in [9.17, 15) is 9.59 Å². The van der Waals surface area contributed by atoms with Crippen LogP contribution in [0.5, 0.6) is 5.75 Å². The minimum absolute atomic E-state index is 0.0812. The van der Waals surface area contributed by atoms with E-state index < -0.39 is 0 Å².